The van der Waals surface area contributed by atoms with Crippen LogP contribution in [-0.4, -0.2) is 45.6 Å². The first-order valence-electron chi connectivity index (χ1n) is 9.78. The van der Waals surface area contributed by atoms with E-state index in [9.17, 15) is 13.2 Å². The fourth-order valence-corrected chi connectivity index (χ4v) is 5.17. The summed E-state index contributed by atoms with van der Waals surface area (Å²) in [6, 6.07) is -0.741. The quantitative estimate of drug-likeness (QED) is 0.250. The molecule has 1 aliphatic rings. The van der Waals surface area contributed by atoms with Crippen molar-refractivity contribution in [2.75, 3.05) is 13.7 Å². The molecule has 1 aromatic carbocycles. The maximum absolute atomic E-state index is 13.1. The van der Waals surface area contributed by atoms with Gasteiger partial charge in [-0.25, -0.2) is 13.1 Å². The van der Waals surface area contributed by atoms with E-state index in [4.69, 9.17) is 16.2 Å². The Morgan fingerprint density at radius 3 is 2.50 bits per heavy atom. The molecule has 10 heteroatoms. The Morgan fingerprint density at radius 2 is 1.90 bits per heavy atom. The molecule has 0 aromatic heterocycles. The highest BCUT2D eigenvalue weighted by Crippen LogP contribution is 2.43. The predicted octanol–water partition coefficient (Wildman–Crippen LogP) is 1.20. The number of sulfonamides is 1. The SMILES string of the molecule is COC(=O)[C@H](N)CCCN=C(N)NS(=O)(=O)c1c(C)c(C)c2c(c1C)CC(C)(C)O2. The van der Waals surface area contributed by atoms with E-state index >= 15 is 0 Å². The maximum Gasteiger partial charge on any atom is 0.322 e. The van der Waals surface area contributed by atoms with Gasteiger partial charge in [0, 0.05) is 18.5 Å². The highest BCUT2D eigenvalue weighted by molar-refractivity contribution is 7.90. The maximum atomic E-state index is 13.1. The number of carbonyl (C=O) groups excluding carboxylic acids is 1. The number of methoxy groups -OCH3 is 1. The molecule has 1 aromatic rings. The Labute approximate surface area is 178 Å². The van der Waals surface area contributed by atoms with E-state index in [-0.39, 0.29) is 23.0 Å². The highest BCUT2D eigenvalue weighted by atomic mass is 32.2. The average Bonchev–Trinajstić information content (AvgIpc) is 2.98. The fraction of sp³-hybridized carbons (Fsp3) is 0.600. The fourth-order valence-electron chi connectivity index (χ4n) is 3.65. The van der Waals surface area contributed by atoms with Crippen LogP contribution >= 0.6 is 0 Å². The first-order chi connectivity index (χ1) is 13.8. The molecule has 1 heterocycles. The molecule has 0 saturated heterocycles. The summed E-state index contributed by atoms with van der Waals surface area (Å²) in [6.45, 7) is 9.58. The lowest BCUT2D eigenvalue weighted by atomic mass is 9.94. The lowest BCUT2D eigenvalue weighted by molar-refractivity contribution is -0.142. The van der Waals surface area contributed by atoms with Crippen LogP contribution in [0.4, 0.5) is 0 Å². The second-order valence-electron chi connectivity index (χ2n) is 8.19. The Bertz CT molecular complexity index is 970. The summed E-state index contributed by atoms with van der Waals surface area (Å²) < 4.78 is 39.1. The van der Waals surface area contributed by atoms with Crippen molar-refractivity contribution in [3.05, 3.63) is 22.3 Å². The number of carbonyl (C=O) groups is 1. The van der Waals surface area contributed by atoms with E-state index in [0.29, 0.717) is 30.4 Å². The Balaban J connectivity index is 2.18. The van der Waals surface area contributed by atoms with Crippen LogP contribution in [0.25, 0.3) is 0 Å². The van der Waals surface area contributed by atoms with E-state index < -0.39 is 22.0 Å². The number of esters is 1. The number of benzene rings is 1. The third kappa shape index (κ3) is 5.04. The Hall–Kier alpha value is -2.33. The predicted molar refractivity (Wildman–Crippen MR) is 115 cm³/mol. The van der Waals surface area contributed by atoms with E-state index in [1.165, 1.54) is 7.11 Å². The number of nitrogens with one attached hydrogen (secondary N) is 1. The summed E-state index contributed by atoms with van der Waals surface area (Å²) in [5, 5.41) is 0. The number of aliphatic imine (C=N–C) groups is 1. The van der Waals surface area contributed by atoms with Gasteiger partial charge in [0.15, 0.2) is 0 Å². The molecule has 9 nitrogen and oxygen atoms in total. The van der Waals surface area contributed by atoms with Gasteiger partial charge >= 0.3 is 5.97 Å². The monoisotopic (exact) mass is 440 g/mol. The highest BCUT2D eigenvalue weighted by Gasteiger charge is 2.36. The molecule has 0 radical (unpaired) electrons. The Kier molecular flexibility index (Phi) is 7.03. The van der Waals surface area contributed by atoms with Crippen LogP contribution in [0.2, 0.25) is 0 Å². The van der Waals surface area contributed by atoms with Gasteiger partial charge in [-0.2, -0.15) is 0 Å². The minimum Gasteiger partial charge on any atom is -0.487 e. The molecule has 5 N–H and O–H groups in total. The molecule has 30 heavy (non-hydrogen) atoms. The van der Waals surface area contributed by atoms with Crippen LogP contribution in [0, 0.1) is 20.8 Å². The van der Waals surface area contributed by atoms with Gasteiger partial charge in [0.25, 0.3) is 10.0 Å². The zero-order valence-corrected chi connectivity index (χ0v) is 19.3. The van der Waals surface area contributed by atoms with Crippen molar-refractivity contribution in [3.8, 4) is 5.75 Å². The molecule has 0 amide bonds. The molecule has 0 aliphatic carbocycles. The smallest absolute Gasteiger partial charge is 0.322 e. The second-order valence-corrected chi connectivity index (χ2v) is 9.81. The molecule has 0 fully saturated rings. The largest absolute Gasteiger partial charge is 0.487 e. The van der Waals surface area contributed by atoms with E-state index in [1.807, 2.05) is 20.8 Å². The topological polar surface area (TPSA) is 146 Å². The normalized spacial score (nSPS) is 16.6. The third-order valence-electron chi connectivity index (χ3n) is 5.26. The van der Waals surface area contributed by atoms with E-state index in [0.717, 1.165) is 16.9 Å². The van der Waals surface area contributed by atoms with Crippen molar-refractivity contribution in [3.63, 3.8) is 0 Å². The van der Waals surface area contributed by atoms with Crippen LogP contribution in [0.5, 0.6) is 5.75 Å². The lowest BCUT2D eigenvalue weighted by Gasteiger charge is -2.19. The number of nitrogens with zero attached hydrogens (tertiary/aromatic N) is 1. The number of fused-ring (bicyclic) bond motifs is 1. The van der Waals surface area contributed by atoms with Gasteiger partial charge in [-0.1, -0.05) is 0 Å². The molecular weight excluding hydrogens is 408 g/mol. The van der Waals surface area contributed by atoms with Gasteiger partial charge in [0.2, 0.25) is 5.96 Å². The van der Waals surface area contributed by atoms with Crippen molar-refractivity contribution in [2.24, 2.45) is 16.5 Å². The van der Waals surface area contributed by atoms with Crippen LogP contribution in [0.3, 0.4) is 0 Å². The first kappa shape index (κ1) is 23.9. The van der Waals surface area contributed by atoms with Gasteiger partial charge in [-0.15, -0.1) is 0 Å². The van der Waals surface area contributed by atoms with Crippen LogP contribution in [0.15, 0.2) is 9.89 Å². The molecule has 0 saturated carbocycles. The number of rotatable bonds is 7. The summed E-state index contributed by atoms with van der Waals surface area (Å²) in [4.78, 5) is 15.5. The van der Waals surface area contributed by atoms with E-state index in [1.54, 1.807) is 13.8 Å². The number of hydrogen-bond acceptors (Lipinski definition) is 7. The van der Waals surface area contributed by atoms with Crippen molar-refractivity contribution >= 4 is 22.0 Å². The summed E-state index contributed by atoms with van der Waals surface area (Å²) in [5.41, 5.74) is 14.1. The van der Waals surface area contributed by atoms with Crippen molar-refractivity contribution in [2.45, 2.75) is 70.4 Å². The summed E-state index contributed by atoms with van der Waals surface area (Å²) in [5.74, 6) is 0.0467. The summed E-state index contributed by atoms with van der Waals surface area (Å²) in [7, 11) is -2.66. The molecule has 1 atom stereocenters. The second kappa shape index (κ2) is 8.81. The summed E-state index contributed by atoms with van der Waals surface area (Å²) in [6.07, 6.45) is 1.44. The van der Waals surface area contributed by atoms with Crippen molar-refractivity contribution in [1.29, 1.82) is 0 Å². The minimum absolute atomic E-state index is 0.200. The van der Waals surface area contributed by atoms with Gasteiger partial charge in [0.05, 0.1) is 12.0 Å². The molecule has 168 valence electrons. The lowest BCUT2D eigenvalue weighted by Crippen LogP contribution is -2.38. The molecule has 0 spiro atoms. The minimum atomic E-state index is -3.93. The molecule has 2 rings (SSSR count). The van der Waals surface area contributed by atoms with Gasteiger partial charge in [-0.05, 0) is 64.2 Å². The third-order valence-corrected chi connectivity index (χ3v) is 6.89. The summed E-state index contributed by atoms with van der Waals surface area (Å²) >= 11 is 0. The molecular formula is C20H32N4O5S. The number of guanidine groups is 1. The first-order valence-corrected chi connectivity index (χ1v) is 11.3. The van der Waals surface area contributed by atoms with Gasteiger partial charge < -0.3 is 20.9 Å². The van der Waals surface area contributed by atoms with Gasteiger partial charge in [-0.3, -0.25) is 9.79 Å². The molecule has 0 bridgehead atoms. The molecule has 0 unspecified atom stereocenters. The standard InChI is InChI=1S/C20H32N4O5S/c1-11-12(2)17(13(3)14-10-20(4,5)29-16(11)14)30(26,27)24-19(22)23-9-7-8-15(21)18(25)28-6/h15H,7-10,21H2,1-6H3,(H3,22,23,24)/t15-/m1/s1. The Morgan fingerprint density at radius 1 is 1.27 bits per heavy atom. The zero-order chi connectivity index (χ0) is 22.9. The number of hydrogen-bond donors (Lipinski definition) is 3. The number of ether oxygens (including phenoxy) is 2. The van der Waals surface area contributed by atoms with Crippen molar-refractivity contribution < 1.29 is 22.7 Å². The van der Waals surface area contributed by atoms with Crippen LogP contribution in [-0.2, 0) is 26.0 Å². The average molecular weight is 441 g/mol. The van der Waals surface area contributed by atoms with Crippen molar-refractivity contribution in [1.82, 2.24) is 4.72 Å². The van der Waals surface area contributed by atoms with Crippen LogP contribution < -0.4 is 20.9 Å². The van der Waals surface area contributed by atoms with E-state index in [2.05, 4.69) is 14.5 Å². The zero-order valence-electron chi connectivity index (χ0n) is 18.5. The molecule has 1 aliphatic heterocycles. The van der Waals surface area contributed by atoms with Gasteiger partial charge in [0.1, 0.15) is 17.4 Å². The van der Waals surface area contributed by atoms with Crippen LogP contribution in [0.1, 0.15) is 48.9 Å². The number of nitrogens with two attached hydrogens (primary N) is 2.